The van der Waals surface area contributed by atoms with E-state index in [-0.39, 0.29) is 6.01 Å². The summed E-state index contributed by atoms with van der Waals surface area (Å²) in [5.41, 5.74) is 6.44. The fourth-order valence-corrected chi connectivity index (χ4v) is 1.69. The third kappa shape index (κ3) is 3.28. The molecule has 0 radical (unpaired) electrons. The second kappa shape index (κ2) is 6.40. The van der Waals surface area contributed by atoms with Crippen LogP contribution in [0.15, 0.2) is 24.3 Å². The van der Waals surface area contributed by atoms with Gasteiger partial charge in [0, 0.05) is 17.1 Å². The molecule has 0 aliphatic rings. The Morgan fingerprint density at radius 3 is 2.30 bits per heavy atom. The van der Waals surface area contributed by atoms with Crippen LogP contribution in [0.4, 0.5) is 0 Å². The van der Waals surface area contributed by atoms with Gasteiger partial charge < -0.3 is 19.9 Å². The molecule has 6 nitrogen and oxygen atoms in total. The molecule has 0 aliphatic carbocycles. The Bertz CT molecular complexity index is 585. The van der Waals surface area contributed by atoms with Gasteiger partial charge in [0.05, 0.1) is 20.3 Å². The van der Waals surface area contributed by atoms with E-state index in [4.69, 9.17) is 31.5 Å². The van der Waals surface area contributed by atoms with Gasteiger partial charge in [-0.15, -0.1) is 0 Å². The number of aromatic nitrogens is 2. The minimum absolute atomic E-state index is 0.0955. The minimum atomic E-state index is 0.0955. The van der Waals surface area contributed by atoms with Gasteiger partial charge in [-0.3, -0.25) is 0 Å². The summed E-state index contributed by atoms with van der Waals surface area (Å²) in [6.07, 6.45) is 0. The van der Waals surface area contributed by atoms with Gasteiger partial charge >= 0.3 is 6.01 Å². The first-order valence-electron chi connectivity index (χ1n) is 5.79. The van der Waals surface area contributed by atoms with E-state index in [1.165, 1.54) is 14.2 Å². The highest BCUT2D eigenvalue weighted by molar-refractivity contribution is 6.30. The second-order valence-corrected chi connectivity index (χ2v) is 4.23. The molecule has 1 aromatic heterocycles. The van der Waals surface area contributed by atoms with Crippen molar-refractivity contribution in [2.75, 3.05) is 14.2 Å². The van der Waals surface area contributed by atoms with Crippen molar-refractivity contribution in [2.45, 2.75) is 6.54 Å². The number of ether oxygens (including phenoxy) is 3. The summed E-state index contributed by atoms with van der Waals surface area (Å²) in [4.78, 5) is 8.16. The number of hydrogen-bond donors (Lipinski definition) is 1. The van der Waals surface area contributed by atoms with Crippen LogP contribution in [-0.2, 0) is 6.54 Å². The van der Waals surface area contributed by atoms with Gasteiger partial charge in [-0.05, 0) is 12.1 Å². The fourth-order valence-electron chi connectivity index (χ4n) is 1.53. The van der Waals surface area contributed by atoms with Gasteiger partial charge in [0.25, 0.3) is 0 Å². The first-order valence-corrected chi connectivity index (χ1v) is 6.17. The predicted molar refractivity (Wildman–Crippen MR) is 74.6 cm³/mol. The molecule has 2 aromatic rings. The smallest absolute Gasteiger partial charge is 0.328 e. The normalized spacial score (nSPS) is 10.2. The molecule has 1 aromatic carbocycles. The Morgan fingerprint density at radius 1 is 1.10 bits per heavy atom. The highest BCUT2D eigenvalue weighted by atomic mass is 35.5. The van der Waals surface area contributed by atoms with E-state index >= 15 is 0 Å². The quantitative estimate of drug-likeness (QED) is 0.912. The summed E-state index contributed by atoms with van der Waals surface area (Å²) in [6.45, 7) is 0.313. The lowest BCUT2D eigenvalue weighted by molar-refractivity contribution is 0.347. The molecule has 0 saturated carbocycles. The molecule has 0 bridgehead atoms. The number of halogens is 1. The van der Waals surface area contributed by atoms with E-state index in [1.807, 2.05) is 0 Å². The zero-order valence-electron chi connectivity index (χ0n) is 11.1. The summed E-state index contributed by atoms with van der Waals surface area (Å²) >= 11 is 5.95. The van der Waals surface area contributed by atoms with Crippen LogP contribution < -0.4 is 19.9 Å². The molecule has 0 aliphatic heterocycles. The SMILES string of the molecule is COc1cc(OC)nc(Oc2cc(Cl)ccc2CN)n1. The van der Waals surface area contributed by atoms with Crippen LogP contribution in [0, 0.1) is 0 Å². The van der Waals surface area contributed by atoms with E-state index in [1.54, 1.807) is 24.3 Å². The Balaban J connectivity index is 2.36. The van der Waals surface area contributed by atoms with Gasteiger partial charge in [-0.1, -0.05) is 17.7 Å². The standard InChI is InChI=1S/C13H14ClN3O3/c1-18-11-6-12(19-2)17-13(16-11)20-10-5-9(14)4-3-8(10)7-15/h3-6H,7,15H2,1-2H3. The van der Waals surface area contributed by atoms with Gasteiger partial charge in [0.2, 0.25) is 11.8 Å². The van der Waals surface area contributed by atoms with Crippen molar-refractivity contribution >= 4 is 11.6 Å². The van der Waals surface area contributed by atoms with Crippen LogP contribution in [-0.4, -0.2) is 24.2 Å². The molecule has 2 N–H and O–H groups in total. The maximum Gasteiger partial charge on any atom is 0.328 e. The fraction of sp³-hybridized carbons (Fsp3) is 0.231. The summed E-state index contributed by atoms with van der Waals surface area (Å²) in [7, 11) is 2.99. The largest absolute Gasteiger partial charge is 0.481 e. The maximum atomic E-state index is 5.95. The Labute approximate surface area is 121 Å². The van der Waals surface area contributed by atoms with Crippen LogP contribution >= 0.6 is 11.6 Å². The number of methoxy groups -OCH3 is 2. The molecule has 0 atom stereocenters. The number of rotatable bonds is 5. The van der Waals surface area contributed by atoms with E-state index in [0.29, 0.717) is 29.1 Å². The maximum absolute atomic E-state index is 5.95. The van der Waals surface area contributed by atoms with Crippen molar-refractivity contribution in [3.05, 3.63) is 34.9 Å². The predicted octanol–water partition coefficient (Wildman–Crippen LogP) is 2.40. The number of nitrogens with zero attached hydrogens (tertiary/aromatic N) is 2. The van der Waals surface area contributed by atoms with E-state index in [2.05, 4.69) is 9.97 Å². The monoisotopic (exact) mass is 295 g/mol. The molecule has 0 spiro atoms. The molecule has 7 heteroatoms. The minimum Gasteiger partial charge on any atom is -0.481 e. The third-order valence-electron chi connectivity index (χ3n) is 2.53. The zero-order valence-corrected chi connectivity index (χ0v) is 11.8. The summed E-state index contributed by atoms with van der Waals surface area (Å²) < 4.78 is 15.7. The van der Waals surface area contributed by atoms with Crippen LogP contribution in [0.2, 0.25) is 5.02 Å². The summed E-state index contributed by atoms with van der Waals surface area (Å²) in [6, 6.07) is 6.82. The number of benzene rings is 1. The molecule has 1 heterocycles. The Kier molecular flexibility index (Phi) is 4.60. The average molecular weight is 296 g/mol. The molecule has 20 heavy (non-hydrogen) atoms. The van der Waals surface area contributed by atoms with Gasteiger partial charge in [0.1, 0.15) is 5.75 Å². The molecular weight excluding hydrogens is 282 g/mol. The lowest BCUT2D eigenvalue weighted by Crippen LogP contribution is -2.02. The van der Waals surface area contributed by atoms with E-state index in [9.17, 15) is 0 Å². The van der Waals surface area contributed by atoms with Gasteiger partial charge in [-0.25, -0.2) is 0 Å². The third-order valence-corrected chi connectivity index (χ3v) is 2.76. The van der Waals surface area contributed by atoms with Crippen LogP contribution in [0.3, 0.4) is 0 Å². The van der Waals surface area contributed by atoms with Crippen molar-refractivity contribution in [1.29, 1.82) is 0 Å². The first kappa shape index (κ1) is 14.4. The second-order valence-electron chi connectivity index (χ2n) is 3.79. The van der Waals surface area contributed by atoms with Gasteiger partial charge in [-0.2, -0.15) is 9.97 Å². The van der Waals surface area contributed by atoms with E-state index in [0.717, 1.165) is 5.56 Å². The molecule has 2 rings (SSSR count). The number of nitrogens with two attached hydrogens (primary N) is 1. The highest BCUT2D eigenvalue weighted by Gasteiger charge is 2.10. The topological polar surface area (TPSA) is 79.5 Å². The van der Waals surface area contributed by atoms with Crippen molar-refractivity contribution in [3.63, 3.8) is 0 Å². The Morgan fingerprint density at radius 2 is 1.75 bits per heavy atom. The highest BCUT2D eigenvalue weighted by Crippen LogP contribution is 2.28. The Hall–Kier alpha value is -2.05. The molecule has 0 amide bonds. The van der Waals surface area contributed by atoms with E-state index < -0.39 is 0 Å². The lowest BCUT2D eigenvalue weighted by Gasteiger charge is -2.10. The summed E-state index contributed by atoms with van der Waals surface area (Å²) in [5, 5.41) is 0.534. The molecule has 0 fully saturated rings. The van der Waals surface area contributed by atoms with Crippen molar-refractivity contribution < 1.29 is 14.2 Å². The zero-order chi connectivity index (χ0) is 14.5. The van der Waals surface area contributed by atoms with Crippen molar-refractivity contribution in [2.24, 2.45) is 5.73 Å². The van der Waals surface area contributed by atoms with Crippen LogP contribution in [0.5, 0.6) is 23.5 Å². The van der Waals surface area contributed by atoms with Crippen LogP contribution in [0.25, 0.3) is 0 Å². The van der Waals surface area contributed by atoms with Crippen LogP contribution in [0.1, 0.15) is 5.56 Å². The molecule has 0 unspecified atom stereocenters. The molecular formula is C13H14ClN3O3. The molecule has 106 valence electrons. The van der Waals surface area contributed by atoms with Crippen molar-refractivity contribution in [1.82, 2.24) is 9.97 Å². The summed E-state index contributed by atoms with van der Waals surface area (Å²) in [5.74, 6) is 1.17. The lowest BCUT2D eigenvalue weighted by atomic mass is 10.2. The average Bonchev–Trinajstić information content (AvgIpc) is 2.47. The number of hydrogen-bond acceptors (Lipinski definition) is 6. The first-order chi connectivity index (χ1) is 9.66. The molecule has 0 saturated heterocycles. The van der Waals surface area contributed by atoms with Gasteiger partial charge in [0.15, 0.2) is 0 Å². The van der Waals surface area contributed by atoms with Crippen molar-refractivity contribution in [3.8, 4) is 23.5 Å².